The summed E-state index contributed by atoms with van der Waals surface area (Å²) in [6, 6.07) is 1.86. The number of phenols is 1. The largest absolute Gasteiger partial charge is 0.550 e. The molecule has 0 heterocycles. The van der Waals surface area contributed by atoms with Crippen molar-refractivity contribution in [1.82, 2.24) is 0 Å². The van der Waals surface area contributed by atoms with Crippen LogP contribution in [0.2, 0.25) is 0 Å². The fourth-order valence-electron chi connectivity index (χ4n) is 1.45. The van der Waals surface area contributed by atoms with Crippen LogP contribution in [0.25, 0.3) is 0 Å². The molecule has 1 N–H and O–H groups in total. The molecule has 0 spiro atoms. The molecule has 0 saturated carbocycles. The number of carboxylic acids is 1. The van der Waals surface area contributed by atoms with Crippen molar-refractivity contribution >= 4 is 73.7 Å². The lowest BCUT2D eigenvalue weighted by Crippen LogP contribution is -2.32. The summed E-state index contributed by atoms with van der Waals surface area (Å²) in [7, 11) is 0. The van der Waals surface area contributed by atoms with Gasteiger partial charge in [-0.25, -0.2) is 0 Å². The van der Waals surface area contributed by atoms with E-state index in [1.807, 2.05) is 13.0 Å². The van der Waals surface area contributed by atoms with Gasteiger partial charge in [0.05, 0.1) is 7.14 Å². The van der Waals surface area contributed by atoms with Crippen molar-refractivity contribution < 1.29 is 15.0 Å². The molecule has 6 heteroatoms. The van der Waals surface area contributed by atoms with Crippen LogP contribution in [0.15, 0.2) is 6.07 Å². The molecule has 94 valence electrons. The van der Waals surface area contributed by atoms with Gasteiger partial charge < -0.3 is 15.0 Å². The second-order valence-corrected chi connectivity index (χ2v) is 7.01. The molecule has 1 aromatic rings. The number of halogens is 3. The molecule has 3 nitrogen and oxygen atoms in total. The normalized spacial score (nSPS) is 12.5. The van der Waals surface area contributed by atoms with Gasteiger partial charge >= 0.3 is 0 Å². The Labute approximate surface area is 141 Å². The molecule has 0 unspecified atom stereocenters. The van der Waals surface area contributed by atoms with Crippen molar-refractivity contribution in [2.24, 2.45) is 5.92 Å². The van der Waals surface area contributed by atoms with E-state index in [-0.39, 0.29) is 5.75 Å². The first-order valence-electron chi connectivity index (χ1n) is 4.94. The Morgan fingerprint density at radius 1 is 1.41 bits per heavy atom. The first-order chi connectivity index (χ1) is 7.88. The van der Waals surface area contributed by atoms with E-state index in [1.165, 1.54) is 0 Å². The predicted molar refractivity (Wildman–Crippen MR) is 88.7 cm³/mol. The third-order valence-electron chi connectivity index (χ3n) is 2.52. The zero-order valence-corrected chi connectivity index (χ0v) is 15.4. The van der Waals surface area contributed by atoms with Gasteiger partial charge in [0, 0.05) is 15.5 Å². The summed E-state index contributed by atoms with van der Waals surface area (Å²) < 4.78 is 2.49. The number of carbonyl (C=O) groups excluding carboxylic acids is 1. The van der Waals surface area contributed by atoms with Crippen LogP contribution in [0, 0.1) is 16.6 Å². The Balaban J connectivity index is 3.14. The molecule has 1 rings (SSSR count). The fraction of sp³-hybridized carbons (Fsp3) is 0.364. The third kappa shape index (κ3) is 3.82. The summed E-state index contributed by atoms with van der Waals surface area (Å²) in [6.07, 6.45) is 0.932. The van der Waals surface area contributed by atoms with Gasteiger partial charge in [0.1, 0.15) is 5.75 Å². The van der Waals surface area contributed by atoms with Crippen LogP contribution in [-0.4, -0.2) is 11.1 Å². The van der Waals surface area contributed by atoms with Gasteiger partial charge in [-0.2, -0.15) is 0 Å². The average Bonchev–Trinajstić information content (AvgIpc) is 2.26. The second kappa shape index (κ2) is 6.73. The van der Waals surface area contributed by atoms with E-state index in [9.17, 15) is 15.0 Å². The highest BCUT2D eigenvalue weighted by Gasteiger charge is 2.17. The van der Waals surface area contributed by atoms with E-state index in [2.05, 4.69) is 67.8 Å². The predicted octanol–water partition coefficient (Wildman–Crippen LogP) is 2.52. The quantitative estimate of drug-likeness (QED) is 0.566. The Bertz CT molecular complexity index is 446. The number of aliphatic carboxylic acids is 1. The van der Waals surface area contributed by atoms with Gasteiger partial charge in [-0.3, -0.25) is 0 Å². The van der Waals surface area contributed by atoms with Gasteiger partial charge in [-0.1, -0.05) is 6.92 Å². The topological polar surface area (TPSA) is 60.4 Å². The van der Waals surface area contributed by atoms with Crippen molar-refractivity contribution in [2.75, 3.05) is 0 Å². The minimum absolute atomic E-state index is 0.231. The third-order valence-corrected chi connectivity index (χ3v) is 5.46. The van der Waals surface area contributed by atoms with Crippen LogP contribution < -0.4 is 5.11 Å². The molecule has 0 aliphatic heterocycles. The molecular formula is C11H10I3O3-. The first kappa shape index (κ1) is 15.7. The van der Waals surface area contributed by atoms with Crippen molar-refractivity contribution in [2.45, 2.75) is 19.8 Å². The summed E-state index contributed by atoms with van der Waals surface area (Å²) in [5.41, 5.74) is 0.889. The Hall–Kier alpha value is 0.680. The summed E-state index contributed by atoms with van der Waals surface area (Å²) >= 11 is 6.28. The number of carbonyl (C=O) groups is 1. The Morgan fingerprint density at radius 2 is 2.00 bits per heavy atom. The number of benzene rings is 1. The molecular weight excluding hydrogens is 561 g/mol. The van der Waals surface area contributed by atoms with Crippen LogP contribution in [0.3, 0.4) is 0 Å². The summed E-state index contributed by atoms with van der Waals surface area (Å²) in [4.78, 5) is 10.9. The lowest BCUT2D eigenvalue weighted by molar-refractivity contribution is -0.311. The highest BCUT2D eigenvalue weighted by atomic mass is 127. The number of aromatic hydroxyl groups is 1. The molecule has 0 bridgehead atoms. The molecule has 0 aliphatic carbocycles. The summed E-state index contributed by atoms with van der Waals surface area (Å²) in [5, 5.41) is 20.8. The van der Waals surface area contributed by atoms with Gasteiger partial charge in [0.25, 0.3) is 0 Å². The number of phenolic OH excluding ortho intramolecular Hbond substituents is 1. The minimum atomic E-state index is -1.03. The second-order valence-electron chi connectivity index (χ2n) is 3.61. The van der Waals surface area contributed by atoms with E-state index in [0.717, 1.165) is 16.3 Å². The Morgan fingerprint density at radius 3 is 2.47 bits per heavy atom. The lowest BCUT2D eigenvalue weighted by atomic mass is 9.97. The molecule has 0 fully saturated rings. The molecule has 0 amide bonds. The van der Waals surface area contributed by atoms with Gasteiger partial charge in [-0.15, -0.1) is 0 Å². The zero-order chi connectivity index (χ0) is 13.2. The maximum absolute atomic E-state index is 10.9. The maximum Gasteiger partial charge on any atom is 0.142 e. The van der Waals surface area contributed by atoms with E-state index in [1.54, 1.807) is 0 Å². The van der Waals surface area contributed by atoms with E-state index in [0.29, 0.717) is 12.8 Å². The fourth-order valence-corrected chi connectivity index (χ4v) is 5.26. The maximum atomic E-state index is 10.9. The summed E-state index contributed by atoms with van der Waals surface area (Å²) in [5.74, 6) is -1.30. The summed E-state index contributed by atoms with van der Waals surface area (Å²) in [6.45, 7) is 1.83. The number of rotatable bonds is 4. The first-order valence-corrected chi connectivity index (χ1v) is 8.18. The van der Waals surface area contributed by atoms with Gasteiger partial charge in [0.15, 0.2) is 0 Å². The number of hydrogen-bond acceptors (Lipinski definition) is 3. The van der Waals surface area contributed by atoms with Gasteiger partial charge in [-0.05, 0) is 92.2 Å². The molecule has 1 aromatic carbocycles. The van der Waals surface area contributed by atoms with Crippen LogP contribution in [0.1, 0.15) is 18.9 Å². The van der Waals surface area contributed by atoms with E-state index in [4.69, 9.17) is 0 Å². The molecule has 0 aromatic heterocycles. The van der Waals surface area contributed by atoms with Crippen LogP contribution in [0.5, 0.6) is 5.75 Å². The Kier molecular flexibility index (Phi) is 6.23. The highest BCUT2D eigenvalue weighted by molar-refractivity contribution is 14.1. The number of hydrogen-bond donors (Lipinski definition) is 1. The molecule has 17 heavy (non-hydrogen) atoms. The molecule has 1 atom stereocenters. The van der Waals surface area contributed by atoms with Crippen molar-refractivity contribution in [3.05, 3.63) is 22.3 Å². The average molecular weight is 571 g/mol. The highest BCUT2D eigenvalue weighted by Crippen LogP contribution is 2.33. The zero-order valence-electron chi connectivity index (χ0n) is 8.97. The van der Waals surface area contributed by atoms with E-state index >= 15 is 0 Å². The monoisotopic (exact) mass is 571 g/mol. The lowest BCUT2D eigenvalue weighted by Gasteiger charge is -2.18. The SMILES string of the molecule is CC[C@@H](Cc1c(I)cc(I)c(O)c1I)C(=O)[O-]. The van der Waals surface area contributed by atoms with E-state index < -0.39 is 11.9 Å². The number of carboxylic acid groups (broad SMARTS) is 1. The minimum Gasteiger partial charge on any atom is -0.550 e. The standard InChI is InChI=1S/C11H11I3O3/c1-2-5(11(16)17)3-6-7(12)4-8(13)10(15)9(6)14/h4-5,15H,2-3H2,1H3,(H,16,17)/p-1/t5-/m0/s1. The molecule has 0 radical (unpaired) electrons. The van der Waals surface area contributed by atoms with Crippen molar-refractivity contribution in [1.29, 1.82) is 0 Å². The molecule has 0 aliphatic rings. The molecule has 0 saturated heterocycles. The van der Waals surface area contributed by atoms with Crippen LogP contribution >= 0.6 is 67.8 Å². The van der Waals surface area contributed by atoms with Gasteiger partial charge in [0.2, 0.25) is 0 Å². The van der Waals surface area contributed by atoms with Crippen molar-refractivity contribution in [3.8, 4) is 5.75 Å². The smallest absolute Gasteiger partial charge is 0.142 e. The van der Waals surface area contributed by atoms with Crippen LogP contribution in [-0.2, 0) is 11.2 Å². The van der Waals surface area contributed by atoms with Crippen LogP contribution in [0.4, 0.5) is 0 Å². The van der Waals surface area contributed by atoms with Crippen molar-refractivity contribution in [3.63, 3.8) is 0 Å².